The Labute approximate surface area is 194 Å². The fraction of sp³-hybridized carbons (Fsp3) is 0.238. The smallest absolute Gasteiger partial charge is 0.448 e. The molecule has 180 valence electrons. The molecule has 1 aliphatic rings. The highest BCUT2D eigenvalue weighted by Gasteiger charge is 2.44. The van der Waals surface area contributed by atoms with Crippen LogP contribution in [-0.2, 0) is 20.6 Å². The van der Waals surface area contributed by atoms with E-state index in [0.717, 1.165) is 5.56 Å². The molecule has 2 heterocycles. The van der Waals surface area contributed by atoms with Crippen molar-refractivity contribution in [2.45, 2.75) is 19.0 Å². The van der Waals surface area contributed by atoms with Crippen molar-refractivity contribution >= 4 is 27.8 Å². The van der Waals surface area contributed by atoms with E-state index in [-0.39, 0.29) is 41.2 Å². The van der Waals surface area contributed by atoms with Gasteiger partial charge < -0.3 is 24.1 Å². The summed E-state index contributed by atoms with van der Waals surface area (Å²) in [5, 5.41) is 3.01. The number of carbonyl (C=O) groups excluding carboxylic acids is 1. The lowest BCUT2D eigenvalue weighted by atomic mass is 10.2. The van der Waals surface area contributed by atoms with E-state index in [4.69, 9.17) is 4.74 Å². The van der Waals surface area contributed by atoms with Gasteiger partial charge in [-0.25, -0.2) is 14.8 Å². The van der Waals surface area contributed by atoms with Gasteiger partial charge in [-0.05, 0) is 43.0 Å². The zero-order valence-electron chi connectivity index (χ0n) is 18.1. The lowest BCUT2D eigenvalue weighted by Gasteiger charge is -2.18. The minimum atomic E-state index is -3.77. The van der Waals surface area contributed by atoms with Crippen LogP contribution in [0, 0.1) is 0 Å². The summed E-state index contributed by atoms with van der Waals surface area (Å²) >= 11 is 0. The van der Waals surface area contributed by atoms with Gasteiger partial charge in [0.1, 0.15) is 6.33 Å². The predicted molar refractivity (Wildman–Crippen MR) is 122 cm³/mol. The van der Waals surface area contributed by atoms with Crippen molar-refractivity contribution in [2.24, 2.45) is 4.36 Å². The molecule has 13 heteroatoms. The summed E-state index contributed by atoms with van der Waals surface area (Å²) in [4.78, 5) is 24.0. The first-order valence-electron chi connectivity index (χ1n) is 10.1. The first-order valence-corrected chi connectivity index (χ1v) is 12.4. The van der Waals surface area contributed by atoms with Crippen molar-refractivity contribution < 1.29 is 32.3 Å². The molecule has 1 aromatic heterocycles. The molecule has 1 aliphatic heterocycles. The first-order chi connectivity index (χ1) is 16.1. The van der Waals surface area contributed by atoms with E-state index in [1.807, 2.05) is 0 Å². The fourth-order valence-electron chi connectivity index (χ4n) is 3.22. The van der Waals surface area contributed by atoms with Crippen LogP contribution in [0.15, 0.2) is 53.2 Å². The molecule has 0 saturated heterocycles. The second kappa shape index (κ2) is 9.27. The maximum Gasteiger partial charge on any atom is 0.586 e. The molecular weight excluding hydrogens is 472 g/mol. The molecule has 0 aliphatic carbocycles. The number of aromatic nitrogens is 3. The molecule has 4 rings (SSSR count). The number of rotatable bonds is 6. The zero-order chi connectivity index (χ0) is 24.3. The summed E-state index contributed by atoms with van der Waals surface area (Å²) in [5.74, 6) is 0.139. The molecule has 0 bridgehead atoms. The van der Waals surface area contributed by atoms with Crippen LogP contribution in [0.1, 0.15) is 12.5 Å². The number of benzene rings is 2. The maximum absolute atomic E-state index is 13.5. The van der Waals surface area contributed by atoms with Crippen molar-refractivity contribution in [3.05, 3.63) is 54.4 Å². The van der Waals surface area contributed by atoms with Gasteiger partial charge in [0.15, 0.2) is 17.3 Å². The predicted octanol–water partition coefficient (Wildman–Crippen LogP) is 4.43. The molecule has 0 unspecified atom stereocenters. The van der Waals surface area contributed by atoms with Gasteiger partial charge in [-0.2, -0.15) is 9.35 Å². The first kappa shape index (κ1) is 23.4. The van der Waals surface area contributed by atoms with Crippen LogP contribution in [0.4, 0.5) is 25.2 Å². The lowest BCUT2D eigenvalue weighted by Crippen LogP contribution is -2.26. The Morgan fingerprint density at radius 3 is 2.82 bits per heavy atom. The Balaban J connectivity index is 1.54. The number of thiol groups is 1. The SMILES string of the molecule is CCOC(=O)N=[SH](C)(O)Cc1cccc(Nc2ncnc(-c3cccc4c3OC(F)(F)O4)n2)c1. The molecular formula is C21H21F2N5O5S. The third-order valence-corrected chi connectivity index (χ3v) is 6.03. The summed E-state index contributed by atoms with van der Waals surface area (Å²) in [6.07, 6.45) is -1.82. The molecule has 0 fully saturated rings. The van der Waals surface area contributed by atoms with Crippen molar-refractivity contribution in [3.63, 3.8) is 0 Å². The van der Waals surface area contributed by atoms with Gasteiger partial charge in [-0.15, -0.1) is 8.78 Å². The van der Waals surface area contributed by atoms with Gasteiger partial charge >= 0.3 is 12.4 Å². The highest BCUT2D eigenvalue weighted by molar-refractivity contribution is 7.98. The van der Waals surface area contributed by atoms with Crippen LogP contribution >= 0.6 is 0 Å². The third-order valence-electron chi connectivity index (χ3n) is 4.47. The van der Waals surface area contributed by atoms with Gasteiger partial charge in [0.2, 0.25) is 5.95 Å². The average molecular weight is 493 g/mol. The minimum absolute atomic E-state index is 0.105. The summed E-state index contributed by atoms with van der Waals surface area (Å²) in [6, 6.07) is 11.4. The monoisotopic (exact) mass is 493 g/mol. The molecule has 0 radical (unpaired) electrons. The number of carbonyl (C=O) groups is 1. The Bertz CT molecular complexity index is 1280. The number of para-hydroxylation sites is 1. The number of halogens is 2. The van der Waals surface area contributed by atoms with Crippen LogP contribution in [-0.4, -0.2) is 44.8 Å². The van der Waals surface area contributed by atoms with Crippen LogP contribution in [0.2, 0.25) is 0 Å². The molecule has 34 heavy (non-hydrogen) atoms. The topological polar surface area (TPSA) is 128 Å². The highest BCUT2D eigenvalue weighted by atomic mass is 32.3. The fourth-order valence-corrected chi connectivity index (χ4v) is 4.59. The van der Waals surface area contributed by atoms with Crippen LogP contribution in [0.3, 0.4) is 0 Å². The normalized spacial score (nSPS) is 14.4. The number of nitrogens with zero attached hydrogens (tertiary/aromatic N) is 4. The van der Waals surface area contributed by atoms with Gasteiger partial charge in [-0.3, -0.25) is 0 Å². The van der Waals surface area contributed by atoms with Crippen molar-refractivity contribution in [3.8, 4) is 22.9 Å². The van der Waals surface area contributed by atoms with E-state index in [0.29, 0.717) is 5.69 Å². The van der Waals surface area contributed by atoms with Crippen LogP contribution < -0.4 is 14.8 Å². The molecule has 2 aromatic carbocycles. The summed E-state index contributed by atoms with van der Waals surface area (Å²) in [7, 11) is -2.92. The van der Waals surface area contributed by atoms with E-state index in [1.165, 1.54) is 30.8 Å². The lowest BCUT2D eigenvalue weighted by molar-refractivity contribution is -0.286. The Hall–Kier alpha value is -3.71. The number of hydrogen-bond donors (Lipinski definition) is 3. The van der Waals surface area contributed by atoms with E-state index in [1.54, 1.807) is 31.2 Å². The third kappa shape index (κ3) is 5.61. The summed E-state index contributed by atoms with van der Waals surface area (Å²) < 4.78 is 55.2. The number of nitrogens with one attached hydrogen (secondary N) is 1. The zero-order valence-corrected chi connectivity index (χ0v) is 19.0. The van der Waals surface area contributed by atoms with E-state index < -0.39 is 22.5 Å². The van der Waals surface area contributed by atoms with E-state index >= 15 is 0 Å². The second-order valence-electron chi connectivity index (χ2n) is 7.30. The van der Waals surface area contributed by atoms with Crippen molar-refractivity contribution in [1.29, 1.82) is 0 Å². The molecule has 1 amide bonds. The van der Waals surface area contributed by atoms with Crippen molar-refractivity contribution in [1.82, 2.24) is 15.0 Å². The molecule has 3 aromatic rings. The highest BCUT2D eigenvalue weighted by Crippen LogP contribution is 2.46. The second-order valence-corrected chi connectivity index (χ2v) is 10.00. The minimum Gasteiger partial charge on any atom is -0.448 e. The number of anilines is 2. The summed E-state index contributed by atoms with van der Waals surface area (Å²) in [6.45, 7) is 1.83. The molecule has 0 saturated carbocycles. The average Bonchev–Trinajstić information content (AvgIpc) is 3.07. The number of amides is 1. The number of fused-ring (bicyclic) bond motifs is 1. The summed E-state index contributed by atoms with van der Waals surface area (Å²) in [5.41, 5.74) is 1.53. The Kier molecular flexibility index (Phi) is 6.39. The van der Waals surface area contributed by atoms with Gasteiger partial charge in [0.25, 0.3) is 0 Å². The van der Waals surface area contributed by atoms with Gasteiger partial charge in [0.05, 0.1) is 12.2 Å². The van der Waals surface area contributed by atoms with E-state index in [2.05, 4.69) is 34.1 Å². The van der Waals surface area contributed by atoms with Crippen LogP contribution in [0.5, 0.6) is 11.5 Å². The molecule has 0 spiro atoms. The van der Waals surface area contributed by atoms with E-state index in [9.17, 15) is 18.1 Å². The van der Waals surface area contributed by atoms with Crippen molar-refractivity contribution in [2.75, 3.05) is 18.2 Å². The quantitative estimate of drug-likeness (QED) is 0.427. The number of ether oxygens (including phenoxy) is 3. The van der Waals surface area contributed by atoms with Gasteiger partial charge in [-0.1, -0.05) is 28.3 Å². The molecule has 2 N–H and O–H groups in total. The standard InChI is InChI=1S/C21H21F2N5O5S/c1-3-31-20(29)28-34(2,30)11-13-6-4-7-14(10-13)26-19-25-12-24-18(27-19)15-8-5-9-16-17(15)33-21(22,23)32-16/h4-10,12,34H,3,11H2,1-2H3,(H,28,29,30)(H,24,25,26,27). The Morgan fingerprint density at radius 1 is 1.24 bits per heavy atom. The largest absolute Gasteiger partial charge is 0.586 e. The number of hydrogen-bond acceptors (Lipinski definition) is 8. The molecule has 10 nitrogen and oxygen atoms in total. The van der Waals surface area contributed by atoms with Crippen LogP contribution in [0.25, 0.3) is 11.4 Å². The number of alkyl halides is 2. The maximum atomic E-state index is 13.5. The Morgan fingerprint density at radius 2 is 2.03 bits per heavy atom. The van der Waals surface area contributed by atoms with Gasteiger partial charge in [0, 0.05) is 11.4 Å². The molecule has 0 atom stereocenters.